The summed E-state index contributed by atoms with van der Waals surface area (Å²) in [5.74, 6) is 1.04. The number of hydrogen-bond donors (Lipinski definition) is 1. The monoisotopic (exact) mass is 300 g/mol. The van der Waals surface area contributed by atoms with Crippen LogP contribution in [0.1, 0.15) is 32.6 Å². The maximum absolute atomic E-state index is 11.9. The number of aromatic nitrogens is 2. The summed E-state index contributed by atoms with van der Waals surface area (Å²) in [4.78, 5) is 22.3. The third kappa shape index (κ3) is 4.41. The molecule has 0 aliphatic carbocycles. The molecule has 0 unspecified atom stereocenters. The lowest BCUT2D eigenvalue weighted by Gasteiger charge is -2.16. The van der Waals surface area contributed by atoms with Crippen molar-refractivity contribution >= 4 is 22.6 Å². The highest BCUT2D eigenvalue weighted by atomic mass is 16.2. The highest BCUT2D eigenvalue weighted by Gasteiger charge is 2.08. The molecular weight excluding hydrogens is 276 g/mol. The summed E-state index contributed by atoms with van der Waals surface area (Å²) in [6.45, 7) is 3.71. The molecule has 0 saturated heterocycles. The Bertz CT molecular complexity index is 609. The van der Waals surface area contributed by atoms with Gasteiger partial charge in [-0.25, -0.2) is 9.97 Å². The van der Waals surface area contributed by atoms with E-state index in [1.165, 1.54) is 0 Å². The molecule has 1 heterocycles. The average molecular weight is 300 g/mol. The van der Waals surface area contributed by atoms with Gasteiger partial charge in [-0.3, -0.25) is 4.79 Å². The van der Waals surface area contributed by atoms with Gasteiger partial charge in [0.05, 0.1) is 5.52 Å². The first-order chi connectivity index (χ1) is 10.7. The number of para-hydroxylation sites is 1. The van der Waals surface area contributed by atoms with Crippen LogP contribution in [0.25, 0.3) is 10.9 Å². The van der Waals surface area contributed by atoms with Crippen LogP contribution in [0.2, 0.25) is 0 Å². The zero-order valence-corrected chi connectivity index (χ0v) is 13.4. The third-order valence-electron chi connectivity index (χ3n) is 3.68. The minimum atomic E-state index is 0.211. The molecular formula is C17H24N4O. The van der Waals surface area contributed by atoms with Gasteiger partial charge in [0.2, 0.25) is 5.91 Å². The first kappa shape index (κ1) is 16.2. The Morgan fingerprint density at radius 3 is 2.86 bits per heavy atom. The fourth-order valence-corrected chi connectivity index (χ4v) is 2.30. The number of hydrogen-bond acceptors (Lipinski definition) is 4. The van der Waals surface area contributed by atoms with Gasteiger partial charge in [0.25, 0.3) is 0 Å². The van der Waals surface area contributed by atoms with Crippen molar-refractivity contribution < 1.29 is 4.79 Å². The summed E-state index contributed by atoms with van der Waals surface area (Å²) in [5, 5.41) is 4.31. The molecule has 118 valence electrons. The Hall–Kier alpha value is -2.17. The van der Waals surface area contributed by atoms with Crippen molar-refractivity contribution in [2.45, 2.75) is 32.6 Å². The number of nitrogens with one attached hydrogen (secondary N) is 1. The third-order valence-corrected chi connectivity index (χ3v) is 3.68. The molecule has 5 heteroatoms. The Morgan fingerprint density at radius 1 is 1.23 bits per heavy atom. The van der Waals surface area contributed by atoms with E-state index in [4.69, 9.17) is 0 Å². The minimum absolute atomic E-state index is 0.211. The molecule has 0 fully saturated rings. The van der Waals surface area contributed by atoms with Gasteiger partial charge in [-0.1, -0.05) is 25.5 Å². The van der Waals surface area contributed by atoms with Crippen LogP contribution in [0.3, 0.4) is 0 Å². The number of fused-ring (bicyclic) bond motifs is 1. The topological polar surface area (TPSA) is 58.1 Å². The largest absolute Gasteiger partial charge is 0.369 e. The molecule has 22 heavy (non-hydrogen) atoms. The Kier molecular flexibility index (Phi) is 6.13. The first-order valence-electron chi connectivity index (χ1n) is 7.90. The second kappa shape index (κ2) is 8.32. The smallest absolute Gasteiger partial charge is 0.222 e. The summed E-state index contributed by atoms with van der Waals surface area (Å²) >= 11 is 0. The van der Waals surface area contributed by atoms with Crippen molar-refractivity contribution in [1.29, 1.82) is 0 Å². The van der Waals surface area contributed by atoms with Crippen LogP contribution < -0.4 is 5.32 Å². The van der Waals surface area contributed by atoms with Crippen molar-refractivity contribution in [3.05, 3.63) is 30.6 Å². The number of amides is 1. The quantitative estimate of drug-likeness (QED) is 0.761. The van der Waals surface area contributed by atoms with E-state index >= 15 is 0 Å². The number of rotatable bonds is 8. The number of unbranched alkanes of at least 4 members (excludes halogenated alkanes) is 1. The predicted octanol–water partition coefficient (Wildman–Crippen LogP) is 3.08. The van der Waals surface area contributed by atoms with E-state index in [-0.39, 0.29) is 5.91 Å². The molecule has 1 N–H and O–H groups in total. The molecule has 0 bridgehead atoms. The number of carbonyl (C=O) groups excluding carboxylic acids is 1. The highest BCUT2D eigenvalue weighted by molar-refractivity contribution is 5.88. The normalized spacial score (nSPS) is 10.6. The van der Waals surface area contributed by atoms with Crippen molar-refractivity contribution in [1.82, 2.24) is 14.9 Å². The minimum Gasteiger partial charge on any atom is -0.369 e. The Labute approximate surface area is 131 Å². The summed E-state index contributed by atoms with van der Waals surface area (Å²) in [6.07, 6.45) is 5.10. The van der Waals surface area contributed by atoms with E-state index < -0.39 is 0 Å². The lowest BCUT2D eigenvalue weighted by molar-refractivity contribution is -0.130. The van der Waals surface area contributed by atoms with E-state index in [9.17, 15) is 4.79 Å². The van der Waals surface area contributed by atoms with Crippen LogP contribution in [0, 0.1) is 0 Å². The molecule has 1 amide bonds. The molecule has 1 aromatic carbocycles. The standard InChI is InChI=1S/C17H24N4O/c1-3-4-12-21(2)16(22)10-7-11-18-17-14-8-5-6-9-15(14)19-13-20-17/h5-6,8-9,13H,3-4,7,10-12H2,1-2H3,(H,18,19,20). The van der Waals surface area contributed by atoms with E-state index in [1.807, 2.05) is 36.2 Å². The van der Waals surface area contributed by atoms with Crippen molar-refractivity contribution in [2.24, 2.45) is 0 Å². The van der Waals surface area contributed by atoms with E-state index in [2.05, 4.69) is 22.2 Å². The van der Waals surface area contributed by atoms with Crippen LogP contribution >= 0.6 is 0 Å². The molecule has 0 aliphatic heterocycles. The zero-order valence-electron chi connectivity index (χ0n) is 13.4. The molecule has 5 nitrogen and oxygen atoms in total. The van der Waals surface area contributed by atoms with Crippen LogP contribution in [-0.4, -0.2) is 40.9 Å². The lowest BCUT2D eigenvalue weighted by atomic mass is 10.2. The van der Waals surface area contributed by atoms with Gasteiger partial charge in [0.1, 0.15) is 12.1 Å². The van der Waals surface area contributed by atoms with Gasteiger partial charge < -0.3 is 10.2 Å². The molecule has 2 aromatic rings. The molecule has 0 saturated carbocycles. The first-order valence-corrected chi connectivity index (χ1v) is 7.90. The van der Waals surface area contributed by atoms with Crippen LogP contribution in [0.4, 0.5) is 5.82 Å². The van der Waals surface area contributed by atoms with Gasteiger partial charge in [-0.05, 0) is 25.0 Å². The summed E-state index contributed by atoms with van der Waals surface area (Å²) in [5.41, 5.74) is 0.926. The summed E-state index contributed by atoms with van der Waals surface area (Å²) in [6, 6.07) is 7.91. The molecule has 0 atom stereocenters. The van der Waals surface area contributed by atoms with Gasteiger partial charge in [0.15, 0.2) is 0 Å². The van der Waals surface area contributed by atoms with Gasteiger partial charge in [-0.2, -0.15) is 0 Å². The van der Waals surface area contributed by atoms with Gasteiger partial charge in [0, 0.05) is 31.9 Å². The maximum Gasteiger partial charge on any atom is 0.222 e. The Balaban J connectivity index is 1.80. The average Bonchev–Trinajstić information content (AvgIpc) is 2.56. The predicted molar refractivity (Wildman–Crippen MR) is 89.8 cm³/mol. The SMILES string of the molecule is CCCCN(C)C(=O)CCCNc1ncnc2ccccc12. The van der Waals surface area contributed by atoms with E-state index in [0.717, 1.165) is 49.1 Å². The second-order valence-electron chi connectivity index (χ2n) is 5.44. The summed E-state index contributed by atoms with van der Waals surface area (Å²) < 4.78 is 0. The maximum atomic E-state index is 11.9. The number of nitrogens with zero attached hydrogens (tertiary/aromatic N) is 3. The second-order valence-corrected chi connectivity index (χ2v) is 5.44. The molecule has 0 aliphatic rings. The van der Waals surface area contributed by atoms with E-state index in [1.54, 1.807) is 6.33 Å². The number of anilines is 1. The van der Waals surface area contributed by atoms with Crippen LogP contribution in [0.5, 0.6) is 0 Å². The molecule has 1 aromatic heterocycles. The highest BCUT2D eigenvalue weighted by Crippen LogP contribution is 2.18. The van der Waals surface area contributed by atoms with Gasteiger partial charge >= 0.3 is 0 Å². The zero-order chi connectivity index (χ0) is 15.8. The van der Waals surface area contributed by atoms with Crippen LogP contribution in [0.15, 0.2) is 30.6 Å². The van der Waals surface area contributed by atoms with E-state index in [0.29, 0.717) is 6.42 Å². The van der Waals surface area contributed by atoms with Crippen molar-refractivity contribution in [3.8, 4) is 0 Å². The van der Waals surface area contributed by atoms with Crippen LogP contribution in [-0.2, 0) is 4.79 Å². The van der Waals surface area contributed by atoms with Crippen molar-refractivity contribution in [2.75, 3.05) is 25.5 Å². The van der Waals surface area contributed by atoms with Gasteiger partial charge in [-0.15, -0.1) is 0 Å². The fraction of sp³-hybridized carbons (Fsp3) is 0.471. The number of benzene rings is 1. The molecule has 0 spiro atoms. The fourth-order valence-electron chi connectivity index (χ4n) is 2.30. The molecule has 0 radical (unpaired) electrons. The van der Waals surface area contributed by atoms with Crippen molar-refractivity contribution in [3.63, 3.8) is 0 Å². The lowest BCUT2D eigenvalue weighted by Crippen LogP contribution is -2.27. The number of carbonyl (C=O) groups is 1. The Morgan fingerprint density at radius 2 is 2.05 bits per heavy atom. The molecule has 2 rings (SSSR count). The summed E-state index contributed by atoms with van der Waals surface area (Å²) in [7, 11) is 1.88.